The Morgan fingerprint density at radius 1 is 1.21 bits per heavy atom. The molecule has 0 atom stereocenters. The summed E-state index contributed by atoms with van der Waals surface area (Å²) in [4.78, 5) is 4.26. The lowest BCUT2D eigenvalue weighted by Gasteiger charge is -1.96. The summed E-state index contributed by atoms with van der Waals surface area (Å²) in [6.07, 6.45) is 4.22. The van der Waals surface area contributed by atoms with Gasteiger partial charge in [0.25, 0.3) is 0 Å². The maximum Gasteiger partial charge on any atom is 0.170 e. The van der Waals surface area contributed by atoms with Gasteiger partial charge in [0, 0.05) is 12.4 Å². The Hall–Kier alpha value is -1.58. The molecule has 0 spiro atoms. The number of nitrogens with zero attached hydrogens (tertiary/aromatic N) is 3. The lowest BCUT2D eigenvalue weighted by Crippen LogP contribution is -1.98. The topological polar surface area (TPSA) is 46.5 Å². The van der Waals surface area contributed by atoms with Crippen molar-refractivity contribution in [2.24, 2.45) is 0 Å². The van der Waals surface area contributed by atoms with Crippen LogP contribution in [0.5, 0.6) is 0 Å². The fourth-order valence-electron chi connectivity index (χ4n) is 1.45. The molecule has 1 N–H and O–H groups in total. The second-order valence-corrected chi connectivity index (χ2v) is 3.63. The molecule has 74 valence electrons. The van der Waals surface area contributed by atoms with Crippen molar-refractivity contribution in [3.05, 3.63) is 35.2 Å². The highest BCUT2D eigenvalue weighted by Crippen LogP contribution is 2.08. The molecular weight excluding hydrogens is 176 g/mol. The minimum atomic E-state index is 0.735. The summed E-state index contributed by atoms with van der Waals surface area (Å²) in [6.45, 7) is 6.85. The van der Waals surface area contributed by atoms with Crippen LogP contribution < -0.4 is 0 Å². The van der Waals surface area contributed by atoms with E-state index < -0.39 is 0 Å². The quantitative estimate of drug-likeness (QED) is 0.781. The fourth-order valence-corrected chi connectivity index (χ4v) is 1.45. The van der Waals surface area contributed by atoms with E-state index in [-0.39, 0.29) is 0 Å². The van der Waals surface area contributed by atoms with E-state index in [1.54, 1.807) is 0 Å². The van der Waals surface area contributed by atoms with Crippen LogP contribution in [0.2, 0.25) is 0 Å². The fraction of sp³-hybridized carbons (Fsp3) is 0.400. The number of aromatic nitrogens is 4. The van der Waals surface area contributed by atoms with Crippen LogP contribution in [-0.2, 0) is 6.54 Å². The Balaban J connectivity index is 2.18. The number of aromatic amines is 1. The van der Waals surface area contributed by atoms with Gasteiger partial charge < -0.3 is 4.57 Å². The van der Waals surface area contributed by atoms with Crippen molar-refractivity contribution in [1.82, 2.24) is 19.7 Å². The Morgan fingerprint density at radius 2 is 1.86 bits per heavy atom. The van der Waals surface area contributed by atoms with E-state index in [0.717, 1.165) is 18.2 Å². The van der Waals surface area contributed by atoms with Crippen molar-refractivity contribution in [3.8, 4) is 0 Å². The average Bonchev–Trinajstić information content (AvgIpc) is 2.62. The van der Waals surface area contributed by atoms with E-state index >= 15 is 0 Å². The van der Waals surface area contributed by atoms with Crippen molar-refractivity contribution in [3.63, 3.8) is 0 Å². The second kappa shape index (κ2) is 3.29. The average molecular weight is 190 g/mol. The largest absolute Gasteiger partial charge is 0.346 e. The van der Waals surface area contributed by atoms with Crippen LogP contribution in [0, 0.1) is 20.8 Å². The third-order valence-corrected chi connectivity index (χ3v) is 2.31. The third-order valence-electron chi connectivity index (χ3n) is 2.31. The molecule has 0 aromatic carbocycles. The van der Waals surface area contributed by atoms with Crippen molar-refractivity contribution in [2.45, 2.75) is 27.3 Å². The second-order valence-electron chi connectivity index (χ2n) is 3.63. The zero-order valence-corrected chi connectivity index (χ0v) is 8.70. The summed E-state index contributed by atoms with van der Waals surface area (Å²) in [5.41, 5.74) is 2.61. The van der Waals surface area contributed by atoms with E-state index in [4.69, 9.17) is 0 Å². The van der Waals surface area contributed by atoms with E-state index in [2.05, 4.69) is 46.0 Å². The molecule has 0 aliphatic rings. The first-order valence-corrected chi connectivity index (χ1v) is 4.66. The molecule has 0 radical (unpaired) electrons. The van der Waals surface area contributed by atoms with Crippen LogP contribution in [0.4, 0.5) is 0 Å². The van der Waals surface area contributed by atoms with Gasteiger partial charge >= 0.3 is 0 Å². The molecule has 0 fully saturated rings. The Morgan fingerprint density at radius 3 is 2.36 bits per heavy atom. The van der Waals surface area contributed by atoms with Crippen molar-refractivity contribution in [1.29, 1.82) is 0 Å². The molecule has 4 heteroatoms. The SMILES string of the molecule is Cc1nc(Cn2cc(C)c(C)c2)n[nH]1. The van der Waals surface area contributed by atoms with Gasteiger partial charge in [-0.25, -0.2) is 4.98 Å². The molecule has 2 heterocycles. The molecule has 0 aliphatic heterocycles. The molecule has 2 aromatic heterocycles. The molecule has 0 saturated heterocycles. The number of rotatable bonds is 2. The van der Waals surface area contributed by atoms with Crippen LogP contribution in [0.25, 0.3) is 0 Å². The van der Waals surface area contributed by atoms with Crippen LogP contribution in [0.3, 0.4) is 0 Å². The third kappa shape index (κ3) is 1.69. The summed E-state index contributed by atoms with van der Waals surface area (Å²) in [7, 11) is 0. The van der Waals surface area contributed by atoms with Crippen molar-refractivity contribution < 1.29 is 0 Å². The highest BCUT2D eigenvalue weighted by molar-refractivity contribution is 5.21. The van der Waals surface area contributed by atoms with Crippen LogP contribution in [0.1, 0.15) is 22.8 Å². The van der Waals surface area contributed by atoms with Gasteiger partial charge in [0.2, 0.25) is 0 Å². The monoisotopic (exact) mass is 190 g/mol. The maximum absolute atomic E-state index is 4.26. The smallest absolute Gasteiger partial charge is 0.170 e. The lowest BCUT2D eigenvalue weighted by molar-refractivity contribution is 0.751. The maximum atomic E-state index is 4.26. The van der Waals surface area contributed by atoms with Gasteiger partial charge in [-0.3, -0.25) is 5.10 Å². The summed E-state index contributed by atoms with van der Waals surface area (Å²) >= 11 is 0. The summed E-state index contributed by atoms with van der Waals surface area (Å²) in [6, 6.07) is 0. The predicted octanol–water partition coefficient (Wildman–Crippen LogP) is 1.58. The predicted molar refractivity (Wildman–Crippen MR) is 54.1 cm³/mol. The normalized spacial score (nSPS) is 10.8. The standard InChI is InChI=1S/C10H14N4/c1-7-4-14(5-8(7)2)6-10-11-9(3)12-13-10/h4-5H,6H2,1-3H3,(H,11,12,13). The summed E-state index contributed by atoms with van der Waals surface area (Å²) in [5.74, 6) is 1.69. The van der Waals surface area contributed by atoms with E-state index in [9.17, 15) is 0 Å². The minimum absolute atomic E-state index is 0.735. The molecule has 0 unspecified atom stereocenters. The Kier molecular flexibility index (Phi) is 2.11. The van der Waals surface area contributed by atoms with Gasteiger partial charge in [0.05, 0.1) is 6.54 Å². The number of hydrogen-bond acceptors (Lipinski definition) is 2. The van der Waals surface area contributed by atoms with Gasteiger partial charge in [0.15, 0.2) is 5.82 Å². The lowest BCUT2D eigenvalue weighted by atomic mass is 10.2. The van der Waals surface area contributed by atoms with E-state index in [1.807, 2.05) is 6.92 Å². The Labute approximate surface area is 83.0 Å². The van der Waals surface area contributed by atoms with Gasteiger partial charge in [-0.1, -0.05) is 0 Å². The highest BCUT2D eigenvalue weighted by atomic mass is 15.2. The minimum Gasteiger partial charge on any atom is -0.346 e. The Bertz CT molecular complexity index is 419. The number of H-pyrrole nitrogens is 1. The zero-order chi connectivity index (χ0) is 10.1. The molecular formula is C10H14N4. The first-order valence-electron chi connectivity index (χ1n) is 4.66. The summed E-state index contributed by atoms with van der Waals surface area (Å²) < 4.78 is 2.10. The molecule has 2 rings (SSSR count). The van der Waals surface area contributed by atoms with Crippen molar-refractivity contribution in [2.75, 3.05) is 0 Å². The molecule has 2 aromatic rings. The van der Waals surface area contributed by atoms with Gasteiger partial charge in [-0.05, 0) is 31.9 Å². The molecule has 0 bridgehead atoms. The van der Waals surface area contributed by atoms with Gasteiger partial charge in [-0.15, -0.1) is 0 Å². The highest BCUT2D eigenvalue weighted by Gasteiger charge is 2.02. The van der Waals surface area contributed by atoms with Gasteiger partial charge in [-0.2, -0.15) is 5.10 Å². The van der Waals surface area contributed by atoms with Crippen LogP contribution >= 0.6 is 0 Å². The van der Waals surface area contributed by atoms with Crippen LogP contribution in [0.15, 0.2) is 12.4 Å². The first kappa shape index (κ1) is 8.99. The molecule has 0 amide bonds. The zero-order valence-electron chi connectivity index (χ0n) is 8.70. The number of nitrogens with one attached hydrogen (secondary N) is 1. The molecule has 0 saturated carbocycles. The molecule has 14 heavy (non-hydrogen) atoms. The number of hydrogen-bond donors (Lipinski definition) is 1. The van der Waals surface area contributed by atoms with E-state index in [1.165, 1.54) is 11.1 Å². The molecule has 0 aliphatic carbocycles. The van der Waals surface area contributed by atoms with Crippen molar-refractivity contribution >= 4 is 0 Å². The number of aryl methyl sites for hydroxylation is 3. The van der Waals surface area contributed by atoms with Gasteiger partial charge in [0.1, 0.15) is 5.82 Å². The molecule has 4 nitrogen and oxygen atoms in total. The van der Waals surface area contributed by atoms with Crippen LogP contribution in [-0.4, -0.2) is 19.7 Å². The summed E-state index contributed by atoms with van der Waals surface area (Å²) in [5, 5.41) is 6.93. The first-order chi connectivity index (χ1) is 6.65. The van der Waals surface area contributed by atoms with E-state index in [0.29, 0.717) is 0 Å².